The number of ether oxygens (including phenoxy) is 3. The average Bonchev–Trinajstić information content (AvgIpc) is 2.59. The molecular formula is C17H26N2O4. The standard InChI is InChI=1S/C17H26N2O4/c1-21-13-8-7-12(14(22-2)15(13)23-3)11-19-16(20)17(18)9-5-4-6-10-17/h7-8H,4-6,9-11,18H2,1-3H3,(H,19,20). The summed E-state index contributed by atoms with van der Waals surface area (Å²) in [7, 11) is 4.69. The fourth-order valence-electron chi connectivity index (χ4n) is 3.06. The van der Waals surface area contributed by atoms with E-state index in [4.69, 9.17) is 19.9 Å². The van der Waals surface area contributed by atoms with Gasteiger partial charge in [-0.1, -0.05) is 19.3 Å². The van der Waals surface area contributed by atoms with Crippen LogP contribution in [0.3, 0.4) is 0 Å². The maximum atomic E-state index is 12.4. The maximum absolute atomic E-state index is 12.4. The average molecular weight is 322 g/mol. The largest absolute Gasteiger partial charge is 0.493 e. The van der Waals surface area contributed by atoms with Gasteiger partial charge in [0.2, 0.25) is 11.7 Å². The highest BCUT2D eigenvalue weighted by Gasteiger charge is 2.35. The number of nitrogens with two attached hydrogens (primary N) is 1. The topological polar surface area (TPSA) is 82.8 Å². The normalized spacial score (nSPS) is 16.5. The van der Waals surface area contributed by atoms with Crippen molar-refractivity contribution in [1.82, 2.24) is 5.32 Å². The van der Waals surface area contributed by atoms with Gasteiger partial charge in [-0.15, -0.1) is 0 Å². The second kappa shape index (κ2) is 7.55. The number of hydrogen-bond donors (Lipinski definition) is 2. The summed E-state index contributed by atoms with van der Waals surface area (Å²) in [5, 5.41) is 2.93. The van der Waals surface area contributed by atoms with Crippen LogP contribution < -0.4 is 25.3 Å². The van der Waals surface area contributed by atoms with Crippen LogP contribution in [-0.2, 0) is 11.3 Å². The van der Waals surface area contributed by atoms with Crippen molar-refractivity contribution in [3.05, 3.63) is 17.7 Å². The van der Waals surface area contributed by atoms with Gasteiger partial charge >= 0.3 is 0 Å². The first-order chi connectivity index (χ1) is 11.1. The van der Waals surface area contributed by atoms with Gasteiger partial charge in [-0.05, 0) is 25.0 Å². The molecule has 0 spiro atoms. The number of methoxy groups -OCH3 is 3. The van der Waals surface area contributed by atoms with Crippen molar-refractivity contribution in [2.24, 2.45) is 5.73 Å². The Morgan fingerprint density at radius 2 is 1.74 bits per heavy atom. The van der Waals surface area contributed by atoms with Crippen molar-refractivity contribution in [2.75, 3.05) is 21.3 Å². The molecule has 1 aliphatic rings. The third kappa shape index (κ3) is 3.69. The lowest BCUT2D eigenvalue weighted by atomic mass is 9.82. The van der Waals surface area contributed by atoms with E-state index < -0.39 is 5.54 Å². The summed E-state index contributed by atoms with van der Waals surface area (Å²) in [5.74, 6) is 1.56. The van der Waals surface area contributed by atoms with E-state index in [9.17, 15) is 4.79 Å². The minimum absolute atomic E-state index is 0.103. The third-order valence-corrected chi connectivity index (χ3v) is 4.42. The molecule has 0 aromatic heterocycles. The molecule has 1 aliphatic carbocycles. The molecule has 1 aromatic carbocycles. The van der Waals surface area contributed by atoms with Gasteiger partial charge in [-0.25, -0.2) is 0 Å². The molecule has 1 saturated carbocycles. The molecule has 6 heteroatoms. The Labute approximate surface area is 137 Å². The molecule has 1 aromatic rings. The van der Waals surface area contributed by atoms with Gasteiger partial charge in [0, 0.05) is 12.1 Å². The van der Waals surface area contributed by atoms with Crippen LogP contribution in [-0.4, -0.2) is 32.8 Å². The zero-order valence-corrected chi connectivity index (χ0v) is 14.1. The summed E-state index contributed by atoms with van der Waals surface area (Å²) >= 11 is 0. The molecule has 1 amide bonds. The number of carbonyl (C=O) groups is 1. The quantitative estimate of drug-likeness (QED) is 0.837. The molecule has 3 N–H and O–H groups in total. The van der Waals surface area contributed by atoms with Crippen LogP contribution in [0.2, 0.25) is 0 Å². The van der Waals surface area contributed by atoms with Gasteiger partial charge in [-0.2, -0.15) is 0 Å². The fourth-order valence-corrected chi connectivity index (χ4v) is 3.06. The van der Waals surface area contributed by atoms with Crippen LogP contribution in [0.25, 0.3) is 0 Å². The van der Waals surface area contributed by atoms with E-state index in [0.29, 0.717) is 23.8 Å². The van der Waals surface area contributed by atoms with Gasteiger partial charge in [-0.3, -0.25) is 4.79 Å². The smallest absolute Gasteiger partial charge is 0.240 e. The summed E-state index contributed by atoms with van der Waals surface area (Å²) in [4.78, 5) is 12.4. The van der Waals surface area contributed by atoms with Crippen molar-refractivity contribution in [3.8, 4) is 17.2 Å². The molecule has 0 aliphatic heterocycles. The zero-order chi connectivity index (χ0) is 16.9. The van der Waals surface area contributed by atoms with Crippen molar-refractivity contribution >= 4 is 5.91 Å². The second-order valence-corrected chi connectivity index (χ2v) is 5.89. The van der Waals surface area contributed by atoms with Crippen molar-refractivity contribution in [2.45, 2.75) is 44.2 Å². The van der Waals surface area contributed by atoms with Crippen LogP contribution in [0.15, 0.2) is 12.1 Å². The molecule has 0 saturated heterocycles. The van der Waals surface area contributed by atoms with Crippen LogP contribution in [0.5, 0.6) is 17.2 Å². The van der Waals surface area contributed by atoms with E-state index in [1.54, 1.807) is 27.4 Å². The summed E-state index contributed by atoms with van der Waals surface area (Å²) in [6, 6.07) is 3.65. The fraction of sp³-hybridized carbons (Fsp3) is 0.588. The van der Waals surface area contributed by atoms with Crippen molar-refractivity contribution in [3.63, 3.8) is 0 Å². The predicted molar refractivity (Wildman–Crippen MR) is 87.9 cm³/mol. The van der Waals surface area contributed by atoms with Gasteiger partial charge in [0.25, 0.3) is 0 Å². The number of amides is 1. The van der Waals surface area contributed by atoms with Crippen molar-refractivity contribution in [1.29, 1.82) is 0 Å². The summed E-state index contributed by atoms with van der Waals surface area (Å²) in [6.45, 7) is 0.335. The van der Waals surface area contributed by atoms with E-state index in [1.807, 2.05) is 6.07 Å². The molecule has 0 bridgehead atoms. The second-order valence-electron chi connectivity index (χ2n) is 5.89. The van der Waals surface area contributed by atoms with Crippen LogP contribution in [0.4, 0.5) is 0 Å². The molecule has 0 heterocycles. The zero-order valence-electron chi connectivity index (χ0n) is 14.1. The highest BCUT2D eigenvalue weighted by Crippen LogP contribution is 2.39. The SMILES string of the molecule is COc1ccc(CNC(=O)C2(N)CCCCC2)c(OC)c1OC. The molecular weight excluding hydrogens is 296 g/mol. The molecule has 23 heavy (non-hydrogen) atoms. The lowest BCUT2D eigenvalue weighted by Crippen LogP contribution is -2.54. The van der Waals surface area contributed by atoms with Gasteiger partial charge < -0.3 is 25.3 Å². The lowest BCUT2D eigenvalue weighted by Gasteiger charge is -2.31. The van der Waals surface area contributed by atoms with E-state index in [0.717, 1.165) is 37.7 Å². The third-order valence-electron chi connectivity index (χ3n) is 4.42. The molecule has 2 rings (SSSR count). The van der Waals surface area contributed by atoms with Gasteiger partial charge in [0.15, 0.2) is 11.5 Å². The summed E-state index contributed by atoms with van der Waals surface area (Å²) in [5.41, 5.74) is 6.32. The monoisotopic (exact) mass is 322 g/mol. The Hall–Kier alpha value is -1.95. The first-order valence-electron chi connectivity index (χ1n) is 7.90. The summed E-state index contributed by atoms with van der Waals surface area (Å²) < 4.78 is 16.0. The Morgan fingerprint density at radius 1 is 1.09 bits per heavy atom. The molecule has 128 valence electrons. The number of benzene rings is 1. The Bertz CT molecular complexity index is 554. The summed E-state index contributed by atoms with van der Waals surface area (Å²) in [6.07, 6.45) is 4.63. The molecule has 1 fully saturated rings. The minimum Gasteiger partial charge on any atom is -0.493 e. The number of hydrogen-bond acceptors (Lipinski definition) is 5. The number of rotatable bonds is 6. The van der Waals surface area contributed by atoms with Crippen LogP contribution in [0, 0.1) is 0 Å². The number of nitrogens with one attached hydrogen (secondary N) is 1. The van der Waals surface area contributed by atoms with Crippen LogP contribution >= 0.6 is 0 Å². The molecule has 6 nitrogen and oxygen atoms in total. The van der Waals surface area contributed by atoms with E-state index in [2.05, 4.69) is 5.32 Å². The Balaban J connectivity index is 2.12. The van der Waals surface area contributed by atoms with E-state index in [1.165, 1.54) is 0 Å². The Morgan fingerprint density at radius 3 is 2.30 bits per heavy atom. The van der Waals surface area contributed by atoms with Crippen molar-refractivity contribution < 1.29 is 19.0 Å². The predicted octanol–water partition coefficient (Wildman–Crippen LogP) is 1.99. The maximum Gasteiger partial charge on any atom is 0.240 e. The highest BCUT2D eigenvalue weighted by molar-refractivity contribution is 5.86. The van der Waals surface area contributed by atoms with E-state index >= 15 is 0 Å². The Kier molecular flexibility index (Phi) is 5.71. The van der Waals surface area contributed by atoms with Gasteiger partial charge in [0.05, 0.1) is 26.9 Å². The van der Waals surface area contributed by atoms with Gasteiger partial charge in [0.1, 0.15) is 0 Å². The lowest BCUT2D eigenvalue weighted by molar-refractivity contribution is -0.127. The molecule has 0 radical (unpaired) electrons. The first kappa shape index (κ1) is 17.4. The molecule has 0 unspecified atom stereocenters. The van der Waals surface area contributed by atoms with E-state index in [-0.39, 0.29) is 5.91 Å². The van der Waals surface area contributed by atoms with Crippen LogP contribution in [0.1, 0.15) is 37.7 Å². The first-order valence-corrected chi connectivity index (χ1v) is 7.90. The number of carbonyl (C=O) groups excluding carboxylic acids is 1. The minimum atomic E-state index is -0.748. The molecule has 0 atom stereocenters. The highest BCUT2D eigenvalue weighted by atomic mass is 16.5.